The molecule has 8 nitrogen and oxygen atoms in total. The van der Waals surface area contributed by atoms with Crippen molar-refractivity contribution >= 4 is 28.6 Å². The molecule has 3 aromatic rings. The van der Waals surface area contributed by atoms with E-state index < -0.39 is 0 Å². The Morgan fingerprint density at radius 1 is 0.938 bits per heavy atom. The number of para-hydroxylation sites is 2. The van der Waals surface area contributed by atoms with Gasteiger partial charge in [0.05, 0.1) is 9.80 Å². The van der Waals surface area contributed by atoms with E-state index in [1.54, 1.807) is 18.2 Å². The quantitative estimate of drug-likeness (QED) is 0.439. The Morgan fingerprint density at radius 2 is 1.69 bits per heavy atom. The van der Waals surface area contributed by atoms with Crippen molar-refractivity contribution in [1.29, 1.82) is 0 Å². The van der Waals surface area contributed by atoms with Gasteiger partial charge in [0, 0.05) is 37.1 Å². The second-order valence-corrected chi connectivity index (χ2v) is 8.63. The predicted octanol–water partition coefficient (Wildman–Crippen LogP) is 4.06. The Kier molecular flexibility index (Phi) is 5.40. The number of fused-ring (bicyclic) bond motifs is 1. The lowest BCUT2D eigenvalue weighted by Gasteiger charge is -2.35. The van der Waals surface area contributed by atoms with Crippen LogP contribution in [0, 0.1) is 10.1 Å². The van der Waals surface area contributed by atoms with Crippen LogP contribution in [0.3, 0.4) is 0 Å². The molecule has 9 heteroatoms. The lowest BCUT2D eigenvalue weighted by atomic mass is 10.1. The number of rotatable bonds is 4. The summed E-state index contributed by atoms with van der Waals surface area (Å²) in [4.78, 5) is 29.5. The number of benzene rings is 2. The zero-order valence-electron chi connectivity index (χ0n) is 17.2. The average molecular weight is 452 g/mol. The van der Waals surface area contributed by atoms with Crippen LogP contribution in [0.1, 0.15) is 9.67 Å². The molecule has 0 atom stereocenters. The summed E-state index contributed by atoms with van der Waals surface area (Å²) in [7, 11) is 0. The van der Waals surface area contributed by atoms with Gasteiger partial charge in [0.15, 0.2) is 11.5 Å². The summed E-state index contributed by atoms with van der Waals surface area (Å²) in [5.74, 6) is 1.45. The maximum atomic E-state index is 13.1. The number of piperazine rings is 1. The maximum absolute atomic E-state index is 13.1. The van der Waals surface area contributed by atoms with Gasteiger partial charge in [0.1, 0.15) is 18.9 Å². The molecule has 0 spiro atoms. The van der Waals surface area contributed by atoms with Crippen LogP contribution in [0.4, 0.5) is 11.4 Å². The second-order valence-electron chi connectivity index (χ2n) is 7.55. The van der Waals surface area contributed by atoms with Crippen LogP contribution in [-0.4, -0.2) is 55.1 Å². The summed E-state index contributed by atoms with van der Waals surface area (Å²) in [6.45, 7) is 3.22. The molecule has 0 bridgehead atoms. The Balaban J connectivity index is 1.27. The Labute approximate surface area is 188 Å². The molecule has 1 saturated heterocycles. The van der Waals surface area contributed by atoms with E-state index in [-0.39, 0.29) is 16.5 Å². The standard InChI is InChI=1S/C23H21N3O5S/c27-23(25-11-9-24(10-12-25)17-3-1-2-4-18(17)26(28)29)22-8-7-21(32-22)16-5-6-19-20(15-16)31-14-13-30-19/h1-8,15H,9-14H2. The van der Waals surface area contributed by atoms with E-state index in [2.05, 4.69) is 0 Å². The number of thiophene rings is 1. The molecule has 1 amide bonds. The first kappa shape index (κ1) is 20.3. The van der Waals surface area contributed by atoms with Crippen LogP contribution < -0.4 is 14.4 Å². The van der Waals surface area contributed by atoms with Gasteiger partial charge in [-0.25, -0.2) is 0 Å². The number of hydrogen-bond acceptors (Lipinski definition) is 7. The van der Waals surface area contributed by atoms with E-state index in [1.165, 1.54) is 17.4 Å². The summed E-state index contributed by atoms with van der Waals surface area (Å²) in [5.41, 5.74) is 1.68. The number of amides is 1. The Hall–Kier alpha value is -3.59. The van der Waals surface area contributed by atoms with Crippen molar-refractivity contribution < 1.29 is 19.2 Å². The summed E-state index contributed by atoms with van der Waals surface area (Å²) in [6.07, 6.45) is 0. The minimum absolute atomic E-state index is 0.0130. The molecule has 0 unspecified atom stereocenters. The third kappa shape index (κ3) is 3.87. The molecule has 164 valence electrons. The molecule has 5 rings (SSSR count). The third-order valence-corrected chi connectivity index (χ3v) is 6.75. The number of carbonyl (C=O) groups is 1. The monoisotopic (exact) mass is 451 g/mol. The van der Waals surface area contributed by atoms with E-state index in [0.717, 1.165) is 21.9 Å². The lowest BCUT2D eigenvalue weighted by Crippen LogP contribution is -2.48. The lowest BCUT2D eigenvalue weighted by molar-refractivity contribution is -0.384. The van der Waals surface area contributed by atoms with Gasteiger partial charge in [-0.15, -0.1) is 11.3 Å². The molecule has 1 aromatic heterocycles. The maximum Gasteiger partial charge on any atom is 0.292 e. The SMILES string of the molecule is O=C(c1ccc(-c2ccc3c(c2)OCCO3)s1)N1CCN(c2ccccc2[N+](=O)[O-])CC1. The van der Waals surface area contributed by atoms with Crippen LogP contribution in [-0.2, 0) is 0 Å². The molecular weight excluding hydrogens is 430 g/mol. The van der Waals surface area contributed by atoms with Crippen molar-refractivity contribution in [3.05, 3.63) is 69.6 Å². The van der Waals surface area contributed by atoms with Crippen molar-refractivity contribution in [1.82, 2.24) is 4.90 Å². The van der Waals surface area contributed by atoms with Gasteiger partial charge in [0.2, 0.25) is 0 Å². The molecule has 1 fully saturated rings. The highest BCUT2D eigenvalue weighted by Crippen LogP contribution is 2.37. The largest absolute Gasteiger partial charge is 0.486 e. The number of hydrogen-bond donors (Lipinski definition) is 0. The highest BCUT2D eigenvalue weighted by atomic mass is 32.1. The molecule has 2 aliphatic heterocycles. The van der Waals surface area contributed by atoms with E-state index in [9.17, 15) is 14.9 Å². The summed E-state index contributed by atoms with van der Waals surface area (Å²) in [5, 5.41) is 11.3. The summed E-state index contributed by atoms with van der Waals surface area (Å²) in [6, 6.07) is 16.3. The summed E-state index contributed by atoms with van der Waals surface area (Å²) < 4.78 is 11.2. The first-order valence-electron chi connectivity index (χ1n) is 10.4. The van der Waals surface area contributed by atoms with Crippen molar-refractivity contribution in [2.75, 3.05) is 44.3 Å². The zero-order valence-corrected chi connectivity index (χ0v) is 18.0. The molecule has 0 radical (unpaired) electrons. The van der Waals surface area contributed by atoms with Crippen molar-refractivity contribution in [3.8, 4) is 21.9 Å². The zero-order chi connectivity index (χ0) is 22.1. The first-order valence-corrected chi connectivity index (χ1v) is 11.2. The van der Waals surface area contributed by atoms with Crippen LogP contribution in [0.5, 0.6) is 11.5 Å². The van der Waals surface area contributed by atoms with Crippen molar-refractivity contribution in [2.24, 2.45) is 0 Å². The fourth-order valence-corrected chi connectivity index (χ4v) is 4.97. The van der Waals surface area contributed by atoms with Gasteiger partial charge in [0.25, 0.3) is 11.6 Å². The van der Waals surface area contributed by atoms with Crippen LogP contribution in [0.15, 0.2) is 54.6 Å². The fourth-order valence-electron chi connectivity index (χ4n) is 4.00. The molecule has 3 heterocycles. The van der Waals surface area contributed by atoms with Crippen molar-refractivity contribution in [2.45, 2.75) is 0 Å². The van der Waals surface area contributed by atoms with Gasteiger partial charge in [-0.2, -0.15) is 0 Å². The number of anilines is 1. The van der Waals surface area contributed by atoms with Crippen molar-refractivity contribution in [3.63, 3.8) is 0 Å². The molecule has 0 N–H and O–H groups in total. The van der Waals surface area contributed by atoms with Crippen LogP contribution in [0.2, 0.25) is 0 Å². The van der Waals surface area contributed by atoms with Gasteiger partial charge in [-0.1, -0.05) is 12.1 Å². The van der Waals surface area contributed by atoms with E-state index in [0.29, 0.717) is 50.0 Å². The number of nitro groups is 1. The van der Waals surface area contributed by atoms with Crippen LogP contribution >= 0.6 is 11.3 Å². The topological polar surface area (TPSA) is 85.2 Å². The smallest absolute Gasteiger partial charge is 0.292 e. The average Bonchev–Trinajstić information content (AvgIpc) is 3.34. The Bertz CT molecular complexity index is 1170. The van der Waals surface area contributed by atoms with E-state index in [4.69, 9.17) is 9.47 Å². The fraction of sp³-hybridized carbons (Fsp3) is 0.261. The van der Waals surface area contributed by atoms with Gasteiger partial charge in [-0.3, -0.25) is 14.9 Å². The number of ether oxygens (including phenoxy) is 2. The number of carbonyl (C=O) groups excluding carboxylic acids is 1. The molecule has 2 aromatic carbocycles. The highest BCUT2D eigenvalue weighted by molar-refractivity contribution is 7.17. The predicted molar refractivity (Wildman–Crippen MR) is 122 cm³/mol. The van der Waals surface area contributed by atoms with E-state index >= 15 is 0 Å². The van der Waals surface area contributed by atoms with E-state index in [1.807, 2.05) is 40.1 Å². The normalized spacial score (nSPS) is 15.5. The van der Waals surface area contributed by atoms with Gasteiger partial charge < -0.3 is 19.3 Å². The highest BCUT2D eigenvalue weighted by Gasteiger charge is 2.27. The van der Waals surface area contributed by atoms with Gasteiger partial charge in [-0.05, 0) is 42.0 Å². The van der Waals surface area contributed by atoms with Gasteiger partial charge >= 0.3 is 0 Å². The molecule has 32 heavy (non-hydrogen) atoms. The third-order valence-electron chi connectivity index (χ3n) is 5.63. The first-order chi connectivity index (χ1) is 15.6. The number of nitro benzene ring substituents is 1. The molecule has 2 aliphatic rings. The summed E-state index contributed by atoms with van der Waals surface area (Å²) >= 11 is 1.45. The number of nitrogens with zero attached hydrogens (tertiary/aromatic N) is 3. The Morgan fingerprint density at radius 3 is 2.47 bits per heavy atom. The van der Waals surface area contributed by atoms with Crippen LogP contribution in [0.25, 0.3) is 10.4 Å². The molecule has 0 saturated carbocycles. The molecule has 0 aliphatic carbocycles. The minimum Gasteiger partial charge on any atom is -0.486 e. The second kappa shape index (κ2) is 8.51. The molecular formula is C23H21N3O5S. The minimum atomic E-state index is -0.363.